The van der Waals surface area contributed by atoms with Gasteiger partial charge in [0, 0.05) is 24.0 Å². The van der Waals surface area contributed by atoms with Gasteiger partial charge in [-0.25, -0.2) is 0 Å². The molecule has 0 amide bonds. The molecule has 0 aliphatic heterocycles. The average molecular weight is 347 g/mol. The molecule has 0 fully saturated rings. The fraction of sp³-hybridized carbons (Fsp3) is 0.471. The van der Waals surface area contributed by atoms with E-state index in [4.69, 9.17) is 0 Å². The smallest absolute Gasteiger partial charge is 0.316 e. The van der Waals surface area contributed by atoms with Crippen LogP contribution < -0.4 is 10.3 Å². The van der Waals surface area contributed by atoms with Crippen LogP contribution >= 0.6 is 11.3 Å². The van der Waals surface area contributed by atoms with Gasteiger partial charge in [-0.05, 0) is 31.4 Å². The Morgan fingerprint density at radius 1 is 1.21 bits per heavy atom. The van der Waals surface area contributed by atoms with Gasteiger partial charge < -0.3 is 10.0 Å². The van der Waals surface area contributed by atoms with Gasteiger partial charge in [0.05, 0.1) is 11.9 Å². The molecule has 0 atom stereocenters. The Balaban J connectivity index is 2.10. The maximum absolute atomic E-state index is 9.80. The number of thiophene rings is 1. The summed E-state index contributed by atoms with van der Waals surface area (Å²) in [5.74, 6) is 0.733. The second-order valence-electron chi connectivity index (χ2n) is 5.43. The van der Waals surface area contributed by atoms with E-state index in [1.807, 2.05) is 12.1 Å². The Bertz CT molecular complexity index is 665. The predicted molar refractivity (Wildman–Crippen MR) is 101 cm³/mol. The molecule has 2 aromatic rings. The molecule has 0 radical (unpaired) electrons. The summed E-state index contributed by atoms with van der Waals surface area (Å²) in [4.78, 5) is 11.6. The van der Waals surface area contributed by atoms with Crippen LogP contribution in [-0.2, 0) is 6.42 Å². The first kappa shape index (κ1) is 18.2. The van der Waals surface area contributed by atoms with Gasteiger partial charge in [0.25, 0.3) is 0 Å². The van der Waals surface area contributed by atoms with Gasteiger partial charge in [-0.1, -0.05) is 20.8 Å². The number of aromatic hydroxyl groups is 1. The summed E-state index contributed by atoms with van der Waals surface area (Å²) in [5.41, 5.74) is 3.58. The quantitative estimate of drug-likeness (QED) is 0.532. The zero-order valence-electron chi connectivity index (χ0n) is 14.5. The zero-order valence-corrected chi connectivity index (χ0v) is 15.3. The van der Waals surface area contributed by atoms with Crippen LogP contribution in [0, 0.1) is 0 Å². The largest absolute Gasteiger partial charge is 0.479 e. The van der Waals surface area contributed by atoms with Gasteiger partial charge in [-0.15, -0.1) is 11.3 Å². The fourth-order valence-electron chi connectivity index (χ4n) is 2.34. The summed E-state index contributed by atoms with van der Waals surface area (Å²) in [6.45, 7) is 8.17. The molecule has 0 aliphatic rings. The highest BCUT2D eigenvalue weighted by atomic mass is 32.1. The van der Waals surface area contributed by atoms with Crippen molar-refractivity contribution in [3.63, 3.8) is 0 Å². The average Bonchev–Trinajstić information content (AvgIpc) is 3.02. The predicted octanol–water partition coefficient (Wildman–Crippen LogP) is 3.88. The first-order valence-corrected chi connectivity index (χ1v) is 9.18. The second kappa shape index (κ2) is 9.22. The molecular weight excluding hydrogens is 322 g/mol. The van der Waals surface area contributed by atoms with E-state index in [9.17, 15) is 5.11 Å². The van der Waals surface area contributed by atoms with Crippen molar-refractivity contribution in [1.82, 2.24) is 9.97 Å². The number of anilines is 2. The van der Waals surface area contributed by atoms with Gasteiger partial charge in [-0.2, -0.15) is 15.1 Å². The van der Waals surface area contributed by atoms with Crippen molar-refractivity contribution < 1.29 is 5.11 Å². The van der Waals surface area contributed by atoms with Gasteiger partial charge >= 0.3 is 6.01 Å². The van der Waals surface area contributed by atoms with Crippen molar-refractivity contribution >= 4 is 28.4 Å². The first-order valence-electron chi connectivity index (χ1n) is 8.37. The highest BCUT2D eigenvalue weighted by molar-refractivity contribution is 7.16. The van der Waals surface area contributed by atoms with Gasteiger partial charge in [0.2, 0.25) is 0 Å². The van der Waals surface area contributed by atoms with E-state index in [0.29, 0.717) is 5.69 Å². The first-order chi connectivity index (χ1) is 11.7. The highest BCUT2D eigenvalue weighted by Gasteiger charge is 2.09. The van der Waals surface area contributed by atoms with Crippen molar-refractivity contribution in [2.45, 2.75) is 40.0 Å². The molecule has 0 unspecified atom stereocenters. The maximum Gasteiger partial charge on any atom is 0.316 e. The normalized spacial score (nSPS) is 11.1. The molecule has 6 nitrogen and oxygen atoms in total. The number of aromatic nitrogens is 2. The molecular formula is C17H25N5OS. The Labute approximate surface area is 147 Å². The number of hydrogen-bond donors (Lipinski definition) is 2. The minimum atomic E-state index is -0.226. The molecule has 0 saturated heterocycles. The summed E-state index contributed by atoms with van der Waals surface area (Å²) < 4.78 is 0. The van der Waals surface area contributed by atoms with E-state index in [1.54, 1.807) is 17.6 Å². The molecule has 7 heteroatoms. The topological polar surface area (TPSA) is 73.6 Å². The molecule has 2 N–H and O–H groups in total. The molecule has 0 aliphatic carbocycles. The summed E-state index contributed by atoms with van der Waals surface area (Å²) in [5, 5.41) is 15.0. The summed E-state index contributed by atoms with van der Waals surface area (Å²) >= 11 is 1.68. The van der Waals surface area contributed by atoms with Crippen LogP contribution in [0.1, 0.15) is 44.2 Å². The summed E-state index contributed by atoms with van der Waals surface area (Å²) in [6.07, 6.45) is 4.66. The monoisotopic (exact) mass is 347 g/mol. The van der Waals surface area contributed by atoms with Crippen molar-refractivity contribution in [2.24, 2.45) is 5.10 Å². The van der Waals surface area contributed by atoms with Gasteiger partial charge in [-0.3, -0.25) is 5.43 Å². The molecule has 2 rings (SSSR count). The maximum atomic E-state index is 9.80. The molecule has 24 heavy (non-hydrogen) atoms. The lowest BCUT2D eigenvalue weighted by Crippen LogP contribution is -2.26. The minimum Gasteiger partial charge on any atom is -0.479 e. The molecule has 2 heterocycles. The van der Waals surface area contributed by atoms with E-state index >= 15 is 0 Å². The Morgan fingerprint density at radius 2 is 1.96 bits per heavy atom. The Kier molecular flexibility index (Phi) is 6.99. The van der Waals surface area contributed by atoms with Crippen LogP contribution in [0.15, 0.2) is 23.3 Å². The van der Waals surface area contributed by atoms with Crippen LogP contribution in [0.3, 0.4) is 0 Å². The number of rotatable bonds is 9. The zero-order chi connectivity index (χ0) is 17.4. The highest BCUT2D eigenvalue weighted by Crippen LogP contribution is 2.22. The van der Waals surface area contributed by atoms with Crippen molar-refractivity contribution in [3.8, 4) is 6.01 Å². The summed E-state index contributed by atoms with van der Waals surface area (Å²) in [7, 11) is 0. The minimum absolute atomic E-state index is 0.226. The molecule has 0 aromatic carbocycles. The van der Waals surface area contributed by atoms with Crippen LogP contribution in [0.25, 0.3) is 0 Å². The van der Waals surface area contributed by atoms with Gasteiger partial charge in [0.15, 0.2) is 0 Å². The lowest BCUT2D eigenvalue weighted by Gasteiger charge is -2.22. The number of hydrogen-bond acceptors (Lipinski definition) is 7. The lowest BCUT2D eigenvalue weighted by molar-refractivity contribution is 0.429. The van der Waals surface area contributed by atoms with E-state index in [2.05, 4.69) is 52.2 Å². The molecule has 2 aromatic heterocycles. The molecule has 0 saturated carbocycles. The lowest BCUT2D eigenvalue weighted by atomic mass is 10.3. The Hall–Kier alpha value is -2.15. The van der Waals surface area contributed by atoms with Crippen LogP contribution in [-0.4, -0.2) is 34.4 Å². The van der Waals surface area contributed by atoms with Gasteiger partial charge in [0.1, 0.15) is 10.8 Å². The SMILES string of the molecule is CCCN(CCC)c1cc(/C=N/Nc2ccc(CC)s2)nc(O)n1. The van der Waals surface area contributed by atoms with Crippen molar-refractivity contribution in [2.75, 3.05) is 23.4 Å². The van der Waals surface area contributed by atoms with Crippen molar-refractivity contribution in [1.29, 1.82) is 0 Å². The third-order valence-electron chi connectivity index (χ3n) is 3.41. The fourth-order valence-corrected chi connectivity index (χ4v) is 3.14. The van der Waals surface area contributed by atoms with E-state index < -0.39 is 0 Å². The molecule has 130 valence electrons. The summed E-state index contributed by atoms with van der Waals surface area (Å²) in [6, 6.07) is 5.72. The molecule has 0 spiro atoms. The number of nitrogens with one attached hydrogen (secondary N) is 1. The number of nitrogens with zero attached hydrogens (tertiary/aromatic N) is 4. The van der Waals surface area contributed by atoms with E-state index in [1.165, 1.54) is 4.88 Å². The van der Waals surface area contributed by atoms with Crippen LogP contribution in [0.5, 0.6) is 6.01 Å². The number of hydrazone groups is 1. The van der Waals surface area contributed by atoms with E-state index in [-0.39, 0.29) is 6.01 Å². The number of aryl methyl sites for hydroxylation is 1. The standard InChI is InChI=1S/C17H25N5OS/c1-4-9-22(10-5-2)15-11-13(19-17(23)20-15)12-18-21-16-8-7-14(6-3)24-16/h7-8,11-12,21H,4-6,9-10H2,1-3H3,(H,19,20,23)/b18-12+. The van der Waals surface area contributed by atoms with E-state index in [0.717, 1.165) is 43.2 Å². The van der Waals surface area contributed by atoms with Crippen LogP contribution in [0.4, 0.5) is 10.8 Å². The third kappa shape index (κ3) is 5.19. The van der Waals surface area contributed by atoms with Crippen LogP contribution in [0.2, 0.25) is 0 Å². The third-order valence-corrected chi connectivity index (χ3v) is 4.55. The second-order valence-corrected chi connectivity index (χ2v) is 6.60. The Morgan fingerprint density at radius 3 is 2.58 bits per heavy atom. The van der Waals surface area contributed by atoms with Crippen molar-refractivity contribution in [3.05, 3.63) is 28.8 Å². The molecule has 0 bridgehead atoms.